The third-order valence-corrected chi connectivity index (χ3v) is 10.4. The molecule has 0 aromatic heterocycles. The summed E-state index contributed by atoms with van der Waals surface area (Å²) in [6.45, 7) is 0. The van der Waals surface area contributed by atoms with Gasteiger partial charge in [0, 0.05) is 22.7 Å². The molecular weight excluding hydrogens is 749 g/mol. The molecule has 0 unspecified atom stereocenters. The lowest BCUT2D eigenvalue weighted by molar-refractivity contribution is 1.52. The Morgan fingerprint density at radius 2 is 0.258 bits per heavy atom. The van der Waals surface area contributed by atoms with Gasteiger partial charge < -0.3 is 10.6 Å². The third-order valence-electron chi connectivity index (χ3n) is 10.4. The Kier molecular flexibility index (Phi) is 13.9. The standard InChI is InChI=1S/C36H28N2.2C12H10/c1-3-7-27(8-4-1)29-11-19-33(20-12-29)37-35-23-15-31(16-24-35)32-17-25-36(26-18-32)38-34-21-13-30(14-22-34)28-9-5-2-6-10-28;2*1-3-7-11(8-4-1)12-9-5-2-6-10-12/h1-26,37-38H;2*1-10H. The Balaban J connectivity index is 0.000000177. The Morgan fingerprint density at radius 1 is 0.129 bits per heavy atom. The van der Waals surface area contributed by atoms with Crippen LogP contribution in [-0.4, -0.2) is 0 Å². The van der Waals surface area contributed by atoms with Crippen molar-refractivity contribution in [2.75, 3.05) is 10.6 Å². The minimum atomic E-state index is 1.07. The maximum absolute atomic E-state index is 3.50. The van der Waals surface area contributed by atoms with E-state index >= 15 is 0 Å². The van der Waals surface area contributed by atoms with Crippen LogP contribution in [0.15, 0.2) is 279 Å². The predicted octanol–water partition coefficient (Wildman–Crippen LogP) is 16.9. The molecular formula is C60H48N2. The van der Waals surface area contributed by atoms with Crippen LogP contribution in [0.5, 0.6) is 0 Å². The first-order valence-electron chi connectivity index (χ1n) is 21.0. The van der Waals surface area contributed by atoms with Gasteiger partial charge in [-0.3, -0.25) is 0 Å². The van der Waals surface area contributed by atoms with Crippen LogP contribution in [0.25, 0.3) is 55.6 Å². The zero-order valence-electron chi connectivity index (χ0n) is 34.6. The molecule has 2 heteroatoms. The summed E-state index contributed by atoms with van der Waals surface area (Å²) < 4.78 is 0. The molecule has 10 aromatic carbocycles. The number of benzene rings is 10. The first kappa shape index (κ1) is 40.6. The SMILES string of the molecule is c1ccc(-c2ccc(Nc3ccc(-c4ccc(Nc5ccc(-c6ccccc6)cc5)cc4)cc3)cc2)cc1.c1ccc(-c2ccccc2)cc1.c1ccc(-c2ccccc2)cc1. The second-order valence-corrected chi connectivity index (χ2v) is 14.8. The first-order valence-corrected chi connectivity index (χ1v) is 21.0. The molecule has 0 aliphatic rings. The normalized spacial score (nSPS) is 10.3. The molecule has 0 saturated carbocycles. The van der Waals surface area contributed by atoms with Gasteiger partial charge in [0.25, 0.3) is 0 Å². The highest BCUT2D eigenvalue weighted by molar-refractivity contribution is 5.74. The van der Waals surface area contributed by atoms with E-state index in [1.165, 1.54) is 55.6 Å². The van der Waals surface area contributed by atoms with E-state index in [1.807, 2.05) is 36.4 Å². The lowest BCUT2D eigenvalue weighted by Crippen LogP contribution is -1.91. The zero-order valence-corrected chi connectivity index (χ0v) is 34.6. The molecule has 0 fully saturated rings. The summed E-state index contributed by atoms with van der Waals surface area (Å²) in [5.41, 5.74) is 16.7. The molecule has 0 aliphatic heterocycles. The highest BCUT2D eigenvalue weighted by Gasteiger charge is 2.03. The van der Waals surface area contributed by atoms with Crippen LogP contribution in [-0.2, 0) is 0 Å². The minimum absolute atomic E-state index is 1.07. The molecule has 10 aromatic rings. The molecule has 0 bridgehead atoms. The predicted molar refractivity (Wildman–Crippen MR) is 266 cm³/mol. The quantitative estimate of drug-likeness (QED) is 0.152. The van der Waals surface area contributed by atoms with Crippen molar-refractivity contribution in [2.45, 2.75) is 0 Å². The van der Waals surface area contributed by atoms with Gasteiger partial charge in [-0.05, 0) is 104 Å². The second-order valence-electron chi connectivity index (χ2n) is 14.8. The molecule has 0 atom stereocenters. The summed E-state index contributed by atoms with van der Waals surface area (Å²) >= 11 is 0. The van der Waals surface area contributed by atoms with Gasteiger partial charge in [0.15, 0.2) is 0 Å². The van der Waals surface area contributed by atoms with Crippen LogP contribution in [0.4, 0.5) is 22.7 Å². The maximum Gasteiger partial charge on any atom is 0.0384 e. The number of hydrogen-bond acceptors (Lipinski definition) is 2. The molecule has 2 N–H and O–H groups in total. The van der Waals surface area contributed by atoms with Gasteiger partial charge in [0.05, 0.1) is 0 Å². The van der Waals surface area contributed by atoms with E-state index in [0.717, 1.165) is 22.7 Å². The Labute approximate surface area is 366 Å². The van der Waals surface area contributed by atoms with Gasteiger partial charge in [-0.2, -0.15) is 0 Å². The second kappa shape index (κ2) is 21.2. The molecule has 10 rings (SSSR count). The lowest BCUT2D eigenvalue weighted by Gasteiger charge is -2.11. The van der Waals surface area contributed by atoms with Crippen LogP contribution < -0.4 is 10.6 Å². The van der Waals surface area contributed by atoms with Gasteiger partial charge in [0.1, 0.15) is 0 Å². The average Bonchev–Trinajstić information content (AvgIpc) is 3.37. The van der Waals surface area contributed by atoms with Gasteiger partial charge in [0.2, 0.25) is 0 Å². The summed E-state index contributed by atoms with van der Waals surface area (Å²) in [4.78, 5) is 0. The maximum atomic E-state index is 3.50. The van der Waals surface area contributed by atoms with E-state index in [-0.39, 0.29) is 0 Å². The topological polar surface area (TPSA) is 24.1 Å². The van der Waals surface area contributed by atoms with Gasteiger partial charge in [-0.1, -0.05) is 231 Å². The van der Waals surface area contributed by atoms with Crippen LogP contribution in [0, 0.1) is 0 Å². The smallest absolute Gasteiger partial charge is 0.0384 e. The molecule has 0 amide bonds. The van der Waals surface area contributed by atoms with Crippen molar-refractivity contribution < 1.29 is 0 Å². The van der Waals surface area contributed by atoms with E-state index in [2.05, 4.69) is 253 Å². The van der Waals surface area contributed by atoms with Gasteiger partial charge in [-0.25, -0.2) is 0 Å². The van der Waals surface area contributed by atoms with Crippen molar-refractivity contribution in [3.63, 3.8) is 0 Å². The fourth-order valence-electron chi connectivity index (χ4n) is 7.10. The summed E-state index contributed by atoms with van der Waals surface area (Å²) in [5, 5.41) is 7.00. The van der Waals surface area contributed by atoms with Crippen molar-refractivity contribution >= 4 is 22.7 Å². The van der Waals surface area contributed by atoms with E-state index in [4.69, 9.17) is 0 Å². The van der Waals surface area contributed by atoms with E-state index in [1.54, 1.807) is 0 Å². The van der Waals surface area contributed by atoms with Crippen LogP contribution in [0.2, 0.25) is 0 Å². The summed E-state index contributed by atoms with van der Waals surface area (Å²) in [6.07, 6.45) is 0. The summed E-state index contributed by atoms with van der Waals surface area (Å²) in [5.74, 6) is 0. The Hall–Kier alpha value is -8.20. The zero-order chi connectivity index (χ0) is 42.0. The van der Waals surface area contributed by atoms with E-state index in [9.17, 15) is 0 Å². The molecule has 0 radical (unpaired) electrons. The molecule has 0 heterocycles. The van der Waals surface area contributed by atoms with E-state index in [0.29, 0.717) is 0 Å². The Morgan fingerprint density at radius 3 is 0.403 bits per heavy atom. The highest BCUT2D eigenvalue weighted by Crippen LogP contribution is 2.28. The lowest BCUT2D eigenvalue weighted by atomic mass is 10.0. The molecule has 62 heavy (non-hydrogen) atoms. The Bertz CT molecular complexity index is 2520. The molecule has 0 saturated heterocycles. The number of nitrogens with one attached hydrogen (secondary N) is 2. The molecule has 0 spiro atoms. The average molecular weight is 797 g/mol. The highest BCUT2D eigenvalue weighted by atomic mass is 14.9. The summed E-state index contributed by atoms with van der Waals surface area (Å²) in [7, 11) is 0. The van der Waals surface area contributed by atoms with Crippen molar-refractivity contribution in [1.29, 1.82) is 0 Å². The van der Waals surface area contributed by atoms with Crippen molar-refractivity contribution in [3.05, 3.63) is 279 Å². The van der Waals surface area contributed by atoms with Crippen molar-refractivity contribution in [3.8, 4) is 55.6 Å². The van der Waals surface area contributed by atoms with Crippen molar-refractivity contribution in [1.82, 2.24) is 0 Å². The van der Waals surface area contributed by atoms with Gasteiger partial charge >= 0.3 is 0 Å². The fourth-order valence-corrected chi connectivity index (χ4v) is 7.10. The van der Waals surface area contributed by atoms with Gasteiger partial charge in [-0.15, -0.1) is 0 Å². The monoisotopic (exact) mass is 796 g/mol. The molecule has 298 valence electrons. The largest absolute Gasteiger partial charge is 0.356 e. The number of rotatable bonds is 9. The first-order chi connectivity index (χ1) is 30.7. The number of hydrogen-bond donors (Lipinski definition) is 2. The van der Waals surface area contributed by atoms with Crippen LogP contribution in [0.1, 0.15) is 0 Å². The van der Waals surface area contributed by atoms with Crippen LogP contribution in [0.3, 0.4) is 0 Å². The summed E-state index contributed by atoms with van der Waals surface area (Å²) in [6, 6.07) is 96.7. The fraction of sp³-hybridized carbons (Fsp3) is 0. The molecule has 2 nitrogen and oxygen atoms in total. The van der Waals surface area contributed by atoms with E-state index < -0.39 is 0 Å². The molecule has 0 aliphatic carbocycles. The third kappa shape index (κ3) is 11.5. The van der Waals surface area contributed by atoms with Crippen molar-refractivity contribution in [2.24, 2.45) is 0 Å². The number of anilines is 4. The minimum Gasteiger partial charge on any atom is -0.356 e. The van der Waals surface area contributed by atoms with Crippen LogP contribution >= 0.6 is 0 Å².